The number of hydrogen-bond donors (Lipinski definition) is 1. The van der Waals surface area contributed by atoms with Crippen LogP contribution in [0.4, 0.5) is 15.4 Å². The summed E-state index contributed by atoms with van der Waals surface area (Å²) in [5, 5.41) is 19.8. The van der Waals surface area contributed by atoms with E-state index in [2.05, 4.69) is 16.0 Å². The summed E-state index contributed by atoms with van der Waals surface area (Å²) in [6.07, 6.45) is 2.98. The molecule has 3 heterocycles. The lowest BCUT2D eigenvalue weighted by Gasteiger charge is -2.42. The van der Waals surface area contributed by atoms with Crippen molar-refractivity contribution in [3.8, 4) is 6.07 Å². The second-order valence-electron chi connectivity index (χ2n) is 9.42. The van der Waals surface area contributed by atoms with E-state index in [0.717, 1.165) is 35.5 Å². The van der Waals surface area contributed by atoms with E-state index in [1.54, 1.807) is 4.90 Å². The van der Waals surface area contributed by atoms with E-state index in [4.69, 9.17) is 9.72 Å². The molecule has 36 heavy (non-hydrogen) atoms. The molecule has 1 atom stereocenters. The maximum Gasteiger partial charge on any atom is 0.410 e. The average Bonchev–Trinajstić information content (AvgIpc) is 3.66. The molecule has 1 spiro atoms. The highest BCUT2D eigenvalue weighted by atomic mass is 32.2. The summed E-state index contributed by atoms with van der Waals surface area (Å²) in [6, 6.07) is 11.4. The Morgan fingerprint density at radius 3 is 2.69 bits per heavy atom. The summed E-state index contributed by atoms with van der Waals surface area (Å²) >= 11 is 1.41. The Labute approximate surface area is 213 Å². The van der Waals surface area contributed by atoms with Crippen LogP contribution in [0.1, 0.15) is 36.1 Å². The molecule has 1 N–H and O–H groups in total. The highest BCUT2D eigenvalue weighted by Crippen LogP contribution is 2.50. The van der Waals surface area contributed by atoms with Crippen LogP contribution >= 0.6 is 11.8 Å². The van der Waals surface area contributed by atoms with Crippen LogP contribution in [-0.2, 0) is 24.3 Å². The number of rotatable bonds is 5. The number of carbonyl (C=O) groups excluding carboxylic acids is 1. The average molecular weight is 509 g/mol. The van der Waals surface area contributed by atoms with Gasteiger partial charge in [0.25, 0.3) is 0 Å². The lowest BCUT2D eigenvalue weighted by molar-refractivity contribution is 0.0767. The monoisotopic (exact) mass is 508 g/mol. The van der Waals surface area contributed by atoms with Crippen LogP contribution < -0.4 is 4.90 Å². The molecule has 2 amide bonds. The van der Waals surface area contributed by atoms with Crippen LogP contribution in [0.15, 0.2) is 35.5 Å². The van der Waals surface area contributed by atoms with Crippen molar-refractivity contribution < 1.29 is 19.4 Å². The Morgan fingerprint density at radius 1 is 1.25 bits per heavy atom. The summed E-state index contributed by atoms with van der Waals surface area (Å²) in [4.78, 5) is 39.6. The fraction of sp³-hybridized carbons (Fsp3) is 0.480. The molecular formula is C25H28N6O4S. The number of fused-ring (bicyclic) bond motifs is 1. The zero-order chi connectivity index (χ0) is 25.3. The molecule has 0 bridgehead atoms. The smallest absolute Gasteiger partial charge is 0.410 e. The largest absolute Gasteiger partial charge is 0.465 e. The van der Waals surface area contributed by atoms with Crippen LogP contribution in [-0.4, -0.2) is 74.5 Å². The molecule has 2 aromatic rings. The Hall–Kier alpha value is -3.52. The third-order valence-electron chi connectivity index (χ3n) is 7.23. The van der Waals surface area contributed by atoms with Gasteiger partial charge in [0.05, 0.1) is 36.3 Å². The minimum absolute atomic E-state index is 0.177. The fourth-order valence-corrected chi connectivity index (χ4v) is 5.51. The van der Waals surface area contributed by atoms with Crippen LogP contribution in [0.5, 0.6) is 0 Å². The molecule has 5 rings (SSSR count). The molecule has 0 radical (unpaired) electrons. The highest BCUT2D eigenvalue weighted by molar-refractivity contribution is 7.98. The van der Waals surface area contributed by atoms with E-state index < -0.39 is 12.2 Å². The van der Waals surface area contributed by atoms with Crippen molar-refractivity contribution in [1.82, 2.24) is 19.8 Å². The van der Waals surface area contributed by atoms with E-state index >= 15 is 0 Å². The number of nitrogens with zero attached hydrogens (tertiary/aromatic N) is 6. The minimum Gasteiger partial charge on any atom is -0.465 e. The van der Waals surface area contributed by atoms with Gasteiger partial charge in [0, 0.05) is 31.6 Å². The van der Waals surface area contributed by atoms with Gasteiger partial charge in [-0.05, 0) is 24.7 Å². The van der Waals surface area contributed by atoms with Crippen LogP contribution in [0.25, 0.3) is 0 Å². The summed E-state index contributed by atoms with van der Waals surface area (Å²) in [5.74, 6) is 0.793. The second-order valence-corrected chi connectivity index (χ2v) is 10.2. The number of ether oxygens (including phenoxy) is 1. The first-order valence-corrected chi connectivity index (χ1v) is 13.2. The van der Waals surface area contributed by atoms with Gasteiger partial charge in [-0.25, -0.2) is 19.6 Å². The standard InChI is InChI=1S/C25H28N6O4S/c1-36-22-27-20-15-31(23(32)33)25(8-9-25)13-19(20)21(28-22)29-11-12-30(18(14-29)7-10-26)24(34)35-16-17-5-3-2-4-6-17/h2-6,18H,7-9,11-16H2,1H3,(H,32,33)/t18-/m0/s1. The maximum atomic E-state index is 12.9. The van der Waals surface area contributed by atoms with Gasteiger partial charge in [0.15, 0.2) is 5.16 Å². The number of amides is 2. The molecule has 10 nitrogen and oxygen atoms in total. The van der Waals surface area contributed by atoms with Crippen molar-refractivity contribution in [1.29, 1.82) is 5.26 Å². The summed E-state index contributed by atoms with van der Waals surface area (Å²) in [5.41, 5.74) is 2.26. The molecular weight excluding hydrogens is 480 g/mol. The molecule has 1 aromatic carbocycles. The summed E-state index contributed by atoms with van der Waals surface area (Å²) < 4.78 is 5.55. The molecule has 188 valence electrons. The lowest BCUT2D eigenvalue weighted by Crippen LogP contribution is -2.56. The van der Waals surface area contributed by atoms with Gasteiger partial charge in [-0.2, -0.15) is 5.26 Å². The first-order chi connectivity index (χ1) is 17.4. The molecule has 3 aliphatic rings. The van der Waals surface area contributed by atoms with Crippen molar-refractivity contribution in [2.75, 3.05) is 30.8 Å². The molecule has 2 aliphatic heterocycles. The van der Waals surface area contributed by atoms with Crippen molar-refractivity contribution in [2.45, 2.75) is 55.6 Å². The number of carboxylic acid groups (broad SMARTS) is 1. The van der Waals surface area contributed by atoms with Gasteiger partial charge >= 0.3 is 12.2 Å². The summed E-state index contributed by atoms with van der Waals surface area (Å²) in [7, 11) is 0. The number of nitriles is 1. The molecule has 1 aliphatic carbocycles. The van der Waals surface area contributed by atoms with E-state index in [1.807, 2.05) is 36.6 Å². The predicted octanol–water partition coefficient (Wildman–Crippen LogP) is 3.51. The molecule has 0 unspecified atom stereocenters. The van der Waals surface area contributed by atoms with E-state index in [0.29, 0.717) is 31.2 Å². The number of aromatic nitrogens is 2. The first kappa shape index (κ1) is 24.2. The number of piperazine rings is 1. The summed E-state index contributed by atoms with van der Waals surface area (Å²) in [6.45, 7) is 1.81. The molecule has 1 saturated heterocycles. The minimum atomic E-state index is -0.916. The van der Waals surface area contributed by atoms with Gasteiger partial charge < -0.3 is 19.6 Å². The Balaban J connectivity index is 1.37. The zero-order valence-electron chi connectivity index (χ0n) is 20.1. The fourth-order valence-electron chi connectivity index (χ4n) is 5.13. The number of carbonyl (C=O) groups is 2. The predicted molar refractivity (Wildman–Crippen MR) is 133 cm³/mol. The van der Waals surface area contributed by atoms with Gasteiger partial charge in [-0.1, -0.05) is 42.1 Å². The maximum absolute atomic E-state index is 12.9. The number of thioether (sulfide) groups is 1. The van der Waals surface area contributed by atoms with Crippen molar-refractivity contribution >= 4 is 29.8 Å². The van der Waals surface area contributed by atoms with Gasteiger partial charge in [0.2, 0.25) is 0 Å². The van der Waals surface area contributed by atoms with Crippen molar-refractivity contribution in [2.24, 2.45) is 0 Å². The number of anilines is 1. The highest BCUT2D eigenvalue weighted by Gasteiger charge is 2.54. The molecule has 1 saturated carbocycles. The third kappa shape index (κ3) is 4.65. The Kier molecular flexibility index (Phi) is 6.62. The topological polar surface area (TPSA) is 123 Å². The number of hydrogen-bond acceptors (Lipinski definition) is 8. The molecule has 1 aromatic heterocycles. The van der Waals surface area contributed by atoms with Crippen LogP contribution in [0, 0.1) is 11.3 Å². The van der Waals surface area contributed by atoms with Gasteiger partial charge in [-0.3, -0.25) is 4.90 Å². The second kappa shape index (κ2) is 9.85. The van der Waals surface area contributed by atoms with Crippen molar-refractivity contribution in [3.05, 3.63) is 47.2 Å². The zero-order valence-corrected chi connectivity index (χ0v) is 20.9. The molecule has 2 fully saturated rings. The van der Waals surface area contributed by atoms with Gasteiger partial charge in [-0.15, -0.1) is 0 Å². The Bertz CT molecular complexity index is 1200. The van der Waals surface area contributed by atoms with E-state index in [9.17, 15) is 20.0 Å². The third-order valence-corrected chi connectivity index (χ3v) is 7.77. The van der Waals surface area contributed by atoms with Crippen LogP contribution in [0.3, 0.4) is 0 Å². The number of benzene rings is 1. The van der Waals surface area contributed by atoms with Crippen molar-refractivity contribution in [3.63, 3.8) is 0 Å². The quantitative estimate of drug-likeness (QED) is 0.477. The van der Waals surface area contributed by atoms with Crippen LogP contribution in [0.2, 0.25) is 0 Å². The molecule has 11 heteroatoms. The van der Waals surface area contributed by atoms with Gasteiger partial charge in [0.1, 0.15) is 12.4 Å². The normalized spacial score (nSPS) is 20.0. The van der Waals surface area contributed by atoms with E-state index in [1.165, 1.54) is 16.7 Å². The van der Waals surface area contributed by atoms with E-state index in [-0.39, 0.29) is 31.2 Å². The first-order valence-electron chi connectivity index (χ1n) is 12.0. The lowest BCUT2D eigenvalue weighted by atomic mass is 9.95. The SMILES string of the molecule is CSc1nc2c(c(N3CCN(C(=O)OCc4ccccc4)[C@@H](CC#N)C3)n1)CC1(CC1)N(C(=O)O)C2. The Morgan fingerprint density at radius 2 is 2.03 bits per heavy atom.